The summed E-state index contributed by atoms with van der Waals surface area (Å²) in [6, 6.07) is -5.58. The van der Waals surface area contributed by atoms with Crippen LogP contribution in [0.1, 0.15) is 31.2 Å². The lowest BCUT2D eigenvalue weighted by molar-refractivity contribution is -0.140. The van der Waals surface area contributed by atoms with Gasteiger partial charge >= 0.3 is 23.9 Å². The van der Waals surface area contributed by atoms with Crippen LogP contribution in [0, 0.1) is 0 Å². The fourth-order valence-corrected chi connectivity index (χ4v) is 6.90. The van der Waals surface area contributed by atoms with E-state index in [1.54, 1.807) is 0 Å². The predicted molar refractivity (Wildman–Crippen MR) is 191 cm³/mol. The molecule has 4 amide bonds. The van der Waals surface area contributed by atoms with E-state index in [-0.39, 0.29) is 52.6 Å². The molecular formula is C30H42N8O14S2. The van der Waals surface area contributed by atoms with Gasteiger partial charge < -0.3 is 74.1 Å². The van der Waals surface area contributed by atoms with Gasteiger partial charge in [-0.2, -0.15) is 0 Å². The minimum Gasteiger partial charge on any atom is -0.503 e. The Bertz CT molecular complexity index is 1740. The van der Waals surface area contributed by atoms with Crippen LogP contribution in [0.5, 0.6) is 11.5 Å². The molecule has 0 fully saturated rings. The quantitative estimate of drug-likeness (QED) is 0.0372. The van der Waals surface area contributed by atoms with Crippen LogP contribution >= 0.6 is 23.5 Å². The number of H-pyrrole nitrogens is 1. The predicted octanol–water partition coefficient (Wildman–Crippen LogP) is -2.98. The number of fused-ring (bicyclic) bond motifs is 1. The van der Waals surface area contributed by atoms with Crippen molar-refractivity contribution in [2.24, 2.45) is 17.2 Å². The van der Waals surface area contributed by atoms with E-state index < -0.39 is 109 Å². The summed E-state index contributed by atoms with van der Waals surface area (Å²) in [6.07, 6.45) is 0.423. The first-order valence-electron chi connectivity index (χ1n) is 16.0. The van der Waals surface area contributed by atoms with E-state index in [4.69, 9.17) is 37.6 Å². The first kappa shape index (κ1) is 44.9. The highest BCUT2D eigenvalue weighted by Gasteiger charge is 2.29. The molecule has 0 saturated carbocycles. The Labute approximate surface area is 314 Å². The van der Waals surface area contributed by atoms with Crippen LogP contribution in [0.4, 0.5) is 0 Å². The molecule has 0 aliphatic carbocycles. The number of hydrogen-bond donors (Lipinski definition) is 14. The molecule has 2 aromatic rings. The van der Waals surface area contributed by atoms with Gasteiger partial charge in [0.15, 0.2) is 11.5 Å². The average molecular weight is 803 g/mol. The van der Waals surface area contributed by atoms with Crippen LogP contribution in [0.25, 0.3) is 10.9 Å². The Morgan fingerprint density at radius 3 is 1.54 bits per heavy atom. The summed E-state index contributed by atoms with van der Waals surface area (Å²) in [6.45, 7) is -1.47. The number of carboxylic acids is 4. The number of phenols is 2. The zero-order valence-electron chi connectivity index (χ0n) is 28.5. The molecule has 1 heterocycles. The standard InChI is InChI=1S/C30H42N8O14S2/c31-6-5-12-7-34-22-21(12)25(53-10-15(27(47)35-8-19(41)42)37-17(39)3-1-13(32)29(49)50)23(45)24(46)26(22)54-11-16(28(48)36-9-20(43)44)38-18(40)4-2-14(33)30(51)52/h7,13-16,34,45-46H,1-6,8-11,31-33H2,(H,35,47)(H,36,48)(H,37,39)(H,38,40)(H,41,42)(H,43,44)(H,49,50)(H,51,52). The van der Waals surface area contributed by atoms with Crippen molar-refractivity contribution < 1.29 is 69.0 Å². The molecule has 4 unspecified atom stereocenters. The first-order valence-corrected chi connectivity index (χ1v) is 17.9. The van der Waals surface area contributed by atoms with Gasteiger partial charge in [0.25, 0.3) is 0 Å². The lowest BCUT2D eigenvalue weighted by Gasteiger charge is -2.21. The first-order chi connectivity index (χ1) is 25.4. The van der Waals surface area contributed by atoms with Crippen LogP contribution in [0.15, 0.2) is 16.0 Å². The summed E-state index contributed by atoms with van der Waals surface area (Å²) in [5.74, 6) is -11.0. The van der Waals surface area contributed by atoms with Crippen molar-refractivity contribution in [1.29, 1.82) is 0 Å². The SMILES string of the molecule is NCCc1c[nH]c2c(SCC(NC(=O)CCC(N)C(=O)O)C(=O)NCC(=O)O)c(O)c(O)c(SCC(NC(=O)CCC(N)C(=O)O)C(=O)NCC(=O)O)c12. The molecule has 0 radical (unpaired) electrons. The summed E-state index contributed by atoms with van der Waals surface area (Å²) in [4.78, 5) is 98.2. The van der Waals surface area contributed by atoms with E-state index >= 15 is 0 Å². The number of aliphatic carboxylic acids is 4. The van der Waals surface area contributed by atoms with E-state index in [2.05, 4.69) is 26.3 Å². The van der Waals surface area contributed by atoms with Crippen molar-refractivity contribution in [2.75, 3.05) is 31.1 Å². The van der Waals surface area contributed by atoms with Crippen LogP contribution in [-0.2, 0) is 44.8 Å². The Hall–Kier alpha value is -5.30. The van der Waals surface area contributed by atoms with Gasteiger partial charge in [0, 0.05) is 35.9 Å². The van der Waals surface area contributed by atoms with Crippen LogP contribution in [-0.4, -0.2) is 138 Å². The molecule has 4 atom stereocenters. The topological polar surface area (TPSA) is 400 Å². The fourth-order valence-electron chi connectivity index (χ4n) is 4.61. The van der Waals surface area contributed by atoms with Crippen molar-refractivity contribution in [1.82, 2.24) is 26.3 Å². The summed E-state index contributed by atoms with van der Waals surface area (Å²) >= 11 is 1.57. The largest absolute Gasteiger partial charge is 0.503 e. The Balaban J connectivity index is 2.46. The van der Waals surface area contributed by atoms with E-state index in [0.717, 1.165) is 23.5 Å². The highest BCUT2D eigenvalue weighted by molar-refractivity contribution is 8.00. The van der Waals surface area contributed by atoms with Gasteiger partial charge in [-0.1, -0.05) is 0 Å². The van der Waals surface area contributed by atoms with E-state index in [1.165, 1.54) is 6.20 Å². The molecule has 17 N–H and O–H groups in total. The number of hydrogen-bond acceptors (Lipinski definition) is 15. The highest BCUT2D eigenvalue weighted by Crippen LogP contribution is 2.50. The number of aromatic nitrogens is 1. The maximum absolute atomic E-state index is 12.9. The molecule has 0 spiro atoms. The number of carbonyl (C=O) groups excluding carboxylic acids is 4. The lowest BCUT2D eigenvalue weighted by Crippen LogP contribution is -2.49. The Kier molecular flexibility index (Phi) is 17.8. The zero-order chi connectivity index (χ0) is 40.7. The highest BCUT2D eigenvalue weighted by atomic mass is 32.2. The van der Waals surface area contributed by atoms with Gasteiger partial charge in [0.2, 0.25) is 23.6 Å². The van der Waals surface area contributed by atoms with Gasteiger partial charge in [-0.15, -0.1) is 23.5 Å². The Morgan fingerprint density at radius 1 is 0.704 bits per heavy atom. The molecule has 1 aromatic heterocycles. The number of phenolic OH excluding ortho intramolecular Hbond substituents is 2. The molecule has 1 aromatic carbocycles. The third-order valence-corrected chi connectivity index (χ3v) is 9.78. The fraction of sp³-hybridized carbons (Fsp3) is 0.467. The number of carboxylic acid groups (broad SMARTS) is 4. The smallest absolute Gasteiger partial charge is 0.322 e. The van der Waals surface area contributed by atoms with Crippen molar-refractivity contribution >= 4 is 81.9 Å². The molecule has 0 aliphatic heterocycles. The minimum absolute atomic E-state index is 0.00792. The molecule has 0 bridgehead atoms. The van der Waals surface area contributed by atoms with Gasteiger partial charge in [0.1, 0.15) is 37.3 Å². The van der Waals surface area contributed by atoms with Crippen molar-refractivity contribution in [3.63, 3.8) is 0 Å². The number of aromatic amines is 1. The normalized spacial score (nSPS) is 13.2. The van der Waals surface area contributed by atoms with Crippen molar-refractivity contribution in [3.05, 3.63) is 11.8 Å². The maximum atomic E-state index is 12.9. The number of carbonyl (C=O) groups is 8. The molecular weight excluding hydrogens is 761 g/mol. The number of nitrogens with two attached hydrogens (primary N) is 3. The van der Waals surface area contributed by atoms with Crippen molar-refractivity contribution in [3.8, 4) is 11.5 Å². The second-order valence-electron chi connectivity index (χ2n) is 11.5. The summed E-state index contributed by atoms with van der Waals surface area (Å²) < 4.78 is 0. The number of benzene rings is 1. The summed E-state index contributed by atoms with van der Waals surface area (Å²) in [5.41, 5.74) is 17.4. The molecule has 0 aliphatic rings. The summed E-state index contributed by atoms with van der Waals surface area (Å²) in [5, 5.41) is 67.9. The third-order valence-electron chi connectivity index (χ3n) is 7.40. The zero-order valence-corrected chi connectivity index (χ0v) is 30.1. The van der Waals surface area contributed by atoms with Gasteiger partial charge in [-0.3, -0.25) is 38.4 Å². The molecule has 54 heavy (non-hydrogen) atoms. The average Bonchev–Trinajstić information content (AvgIpc) is 3.52. The number of amides is 4. The molecule has 22 nitrogen and oxygen atoms in total. The lowest BCUT2D eigenvalue weighted by atomic mass is 10.1. The van der Waals surface area contributed by atoms with E-state index in [9.17, 15) is 48.6 Å². The number of aromatic hydroxyl groups is 2. The van der Waals surface area contributed by atoms with Crippen LogP contribution < -0.4 is 38.5 Å². The van der Waals surface area contributed by atoms with Crippen LogP contribution in [0.3, 0.4) is 0 Å². The molecule has 0 saturated heterocycles. The third kappa shape index (κ3) is 13.6. The number of rotatable bonds is 24. The van der Waals surface area contributed by atoms with Gasteiger partial charge in [-0.25, -0.2) is 0 Å². The molecule has 24 heteroatoms. The maximum Gasteiger partial charge on any atom is 0.322 e. The summed E-state index contributed by atoms with van der Waals surface area (Å²) in [7, 11) is 0. The minimum atomic E-state index is -1.43. The van der Waals surface area contributed by atoms with E-state index in [0.29, 0.717) is 10.9 Å². The molecule has 2 rings (SSSR count). The van der Waals surface area contributed by atoms with Gasteiger partial charge in [0.05, 0.1) is 15.3 Å². The van der Waals surface area contributed by atoms with E-state index in [1.807, 2.05) is 0 Å². The van der Waals surface area contributed by atoms with Crippen molar-refractivity contribution in [2.45, 2.75) is 66.1 Å². The monoisotopic (exact) mass is 802 g/mol. The molecule has 298 valence electrons. The second kappa shape index (κ2) is 21.4. The second-order valence-corrected chi connectivity index (χ2v) is 13.6. The van der Waals surface area contributed by atoms with Gasteiger partial charge in [-0.05, 0) is 31.4 Å². The Morgan fingerprint density at radius 2 is 1.13 bits per heavy atom. The number of nitrogens with one attached hydrogen (secondary N) is 5. The van der Waals surface area contributed by atoms with Crippen LogP contribution in [0.2, 0.25) is 0 Å². The number of thioether (sulfide) groups is 2.